The second-order valence-corrected chi connectivity index (χ2v) is 6.65. The Kier molecular flexibility index (Phi) is 5.02. The van der Waals surface area contributed by atoms with Crippen molar-refractivity contribution in [3.05, 3.63) is 0 Å². The summed E-state index contributed by atoms with van der Waals surface area (Å²) in [4.78, 5) is 2.36. The Labute approximate surface area is 93.0 Å². The highest BCUT2D eigenvalue weighted by atomic mass is 32.2. The van der Waals surface area contributed by atoms with Crippen molar-refractivity contribution in [2.24, 2.45) is 0 Å². The van der Waals surface area contributed by atoms with E-state index in [-0.39, 0.29) is 5.75 Å². The van der Waals surface area contributed by atoms with E-state index in [1.165, 1.54) is 0 Å². The fourth-order valence-corrected chi connectivity index (χ4v) is 2.70. The normalized spacial score (nSPS) is 24.3. The van der Waals surface area contributed by atoms with Gasteiger partial charge in [-0.05, 0) is 19.9 Å². The summed E-state index contributed by atoms with van der Waals surface area (Å²) in [6.07, 6.45) is 0.764. The Bertz CT molecular complexity index is 277. The predicted molar refractivity (Wildman–Crippen MR) is 62.8 cm³/mol. The number of piperazine rings is 1. The van der Waals surface area contributed by atoms with E-state index in [0.717, 1.165) is 32.6 Å². The molecule has 5 heteroatoms. The number of rotatable bonds is 5. The van der Waals surface area contributed by atoms with Gasteiger partial charge in [-0.3, -0.25) is 4.90 Å². The molecule has 0 aromatic heterocycles. The maximum Gasteiger partial charge on any atom is 0.150 e. The zero-order valence-electron chi connectivity index (χ0n) is 9.70. The van der Waals surface area contributed by atoms with Gasteiger partial charge in [-0.15, -0.1) is 0 Å². The highest BCUT2D eigenvalue weighted by molar-refractivity contribution is 7.91. The van der Waals surface area contributed by atoms with Gasteiger partial charge in [0.25, 0.3) is 0 Å². The number of hydrogen-bond donors (Lipinski definition) is 1. The van der Waals surface area contributed by atoms with Gasteiger partial charge in [-0.1, -0.05) is 6.92 Å². The molecule has 1 atom stereocenters. The molecule has 0 radical (unpaired) electrons. The van der Waals surface area contributed by atoms with Gasteiger partial charge in [0.05, 0.1) is 5.75 Å². The maximum absolute atomic E-state index is 11.3. The van der Waals surface area contributed by atoms with Crippen LogP contribution in [0, 0.1) is 0 Å². The average Bonchev–Trinajstić information content (AvgIpc) is 2.21. The van der Waals surface area contributed by atoms with Crippen molar-refractivity contribution in [1.82, 2.24) is 10.2 Å². The van der Waals surface area contributed by atoms with Crippen LogP contribution in [0.25, 0.3) is 0 Å². The standard InChI is InChI=1S/C10H22N2O2S/c1-3-15(13,14)8-4-6-12-7-5-11-9-10(12)2/h10-11H,3-9H2,1-2H3/t10-/m0/s1. The van der Waals surface area contributed by atoms with Gasteiger partial charge < -0.3 is 5.32 Å². The minimum Gasteiger partial charge on any atom is -0.314 e. The van der Waals surface area contributed by atoms with E-state index in [9.17, 15) is 8.42 Å². The molecule has 4 nitrogen and oxygen atoms in total. The van der Waals surface area contributed by atoms with Crippen molar-refractivity contribution in [2.75, 3.05) is 37.7 Å². The molecule has 0 bridgehead atoms. The summed E-state index contributed by atoms with van der Waals surface area (Å²) in [5.74, 6) is 0.601. The van der Waals surface area contributed by atoms with Crippen molar-refractivity contribution >= 4 is 9.84 Å². The smallest absolute Gasteiger partial charge is 0.150 e. The third-order valence-electron chi connectivity index (χ3n) is 2.98. The first kappa shape index (κ1) is 12.9. The van der Waals surface area contributed by atoms with Gasteiger partial charge in [-0.25, -0.2) is 8.42 Å². The molecule has 0 unspecified atom stereocenters. The molecule has 1 rings (SSSR count). The van der Waals surface area contributed by atoms with Crippen LogP contribution >= 0.6 is 0 Å². The van der Waals surface area contributed by atoms with E-state index in [4.69, 9.17) is 0 Å². The van der Waals surface area contributed by atoms with Crippen molar-refractivity contribution < 1.29 is 8.42 Å². The zero-order valence-corrected chi connectivity index (χ0v) is 10.5. The van der Waals surface area contributed by atoms with E-state index < -0.39 is 9.84 Å². The van der Waals surface area contributed by atoms with Crippen LogP contribution in [0.2, 0.25) is 0 Å². The lowest BCUT2D eigenvalue weighted by Crippen LogP contribution is -2.50. The third kappa shape index (κ3) is 4.49. The molecule has 1 saturated heterocycles. The average molecular weight is 234 g/mol. The largest absolute Gasteiger partial charge is 0.314 e. The lowest BCUT2D eigenvalue weighted by Gasteiger charge is -2.33. The molecule has 0 saturated carbocycles. The maximum atomic E-state index is 11.3. The molecular weight excluding hydrogens is 212 g/mol. The Balaban J connectivity index is 2.25. The predicted octanol–water partition coefficient (Wildman–Crippen LogP) is 0.105. The van der Waals surface area contributed by atoms with Crippen molar-refractivity contribution in [2.45, 2.75) is 26.3 Å². The second-order valence-electron chi connectivity index (χ2n) is 4.18. The summed E-state index contributed by atoms with van der Waals surface area (Å²) in [6, 6.07) is 0.531. The minimum atomic E-state index is -2.78. The first-order valence-corrected chi connectivity index (χ1v) is 7.52. The topological polar surface area (TPSA) is 49.4 Å². The van der Waals surface area contributed by atoms with Gasteiger partial charge in [0, 0.05) is 31.4 Å². The molecule has 1 fully saturated rings. The Hall–Kier alpha value is -0.130. The van der Waals surface area contributed by atoms with E-state index in [1.807, 2.05) is 0 Å². The molecule has 1 aliphatic heterocycles. The van der Waals surface area contributed by atoms with Crippen LogP contribution in [0.1, 0.15) is 20.3 Å². The quantitative estimate of drug-likeness (QED) is 0.733. The molecular formula is C10H22N2O2S. The van der Waals surface area contributed by atoms with Crippen LogP contribution in [0.3, 0.4) is 0 Å². The number of hydrogen-bond acceptors (Lipinski definition) is 4. The first-order chi connectivity index (χ1) is 7.05. The summed E-state index contributed by atoms with van der Waals surface area (Å²) in [7, 11) is -2.78. The highest BCUT2D eigenvalue weighted by Gasteiger charge is 2.17. The Morgan fingerprint density at radius 1 is 1.47 bits per heavy atom. The van der Waals surface area contributed by atoms with Gasteiger partial charge in [0.1, 0.15) is 9.84 Å². The van der Waals surface area contributed by atoms with Crippen LogP contribution < -0.4 is 5.32 Å². The van der Waals surface area contributed by atoms with Gasteiger partial charge >= 0.3 is 0 Å². The van der Waals surface area contributed by atoms with E-state index >= 15 is 0 Å². The number of sulfone groups is 1. The van der Waals surface area contributed by atoms with E-state index in [1.54, 1.807) is 6.92 Å². The van der Waals surface area contributed by atoms with Crippen LogP contribution in [0.5, 0.6) is 0 Å². The summed E-state index contributed by atoms with van der Waals surface area (Å²) in [6.45, 7) is 7.87. The van der Waals surface area contributed by atoms with Crippen LogP contribution in [-0.2, 0) is 9.84 Å². The van der Waals surface area contributed by atoms with Crippen molar-refractivity contribution in [1.29, 1.82) is 0 Å². The highest BCUT2D eigenvalue weighted by Crippen LogP contribution is 2.04. The number of nitrogens with zero attached hydrogens (tertiary/aromatic N) is 1. The molecule has 15 heavy (non-hydrogen) atoms. The van der Waals surface area contributed by atoms with Crippen LogP contribution in [-0.4, -0.2) is 57.0 Å². The molecule has 0 aromatic carbocycles. The van der Waals surface area contributed by atoms with Gasteiger partial charge in [0.2, 0.25) is 0 Å². The fraction of sp³-hybridized carbons (Fsp3) is 1.00. The van der Waals surface area contributed by atoms with Crippen LogP contribution in [0.4, 0.5) is 0 Å². The lowest BCUT2D eigenvalue weighted by molar-refractivity contribution is 0.174. The van der Waals surface area contributed by atoms with Crippen molar-refractivity contribution in [3.8, 4) is 0 Å². The molecule has 1 heterocycles. The SMILES string of the molecule is CCS(=O)(=O)CCCN1CCNC[C@@H]1C. The zero-order chi connectivity index (χ0) is 11.3. The fourth-order valence-electron chi connectivity index (χ4n) is 1.85. The summed E-state index contributed by atoms with van der Waals surface area (Å²) in [5.41, 5.74) is 0. The summed E-state index contributed by atoms with van der Waals surface area (Å²) in [5, 5.41) is 3.32. The molecule has 0 aliphatic carbocycles. The first-order valence-electron chi connectivity index (χ1n) is 5.70. The molecule has 0 spiro atoms. The monoisotopic (exact) mass is 234 g/mol. The Morgan fingerprint density at radius 2 is 2.20 bits per heavy atom. The Morgan fingerprint density at radius 3 is 2.80 bits per heavy atom. The van der Waals surface area contributed by atoms with Crippen LogP contribution in [0.15, 0.2) is 0 Å². The lowest BCUT2D eigenvalue weighted by atomic mass is 10.2. The molecule has 0 amide bonds. The second kappa shape index (κ2) is 5.82. The summed E-state index contributed by atoms with van der Waals surface area (Å²) >= 11 is 0. The molecule has 1 aliphatic rings. The van der Waals surface area contributed by atoms with Gasteiger partial charge in [0.15, 0.2) is 0 Å². The minimum absolute atomic E-state index is 0.268. The van der Waals surface area contributed by atoms with E-state index in [0.29, 0.717) is 11.8 Å². The molecule has 1 N–H and O–H groups in total. The van der Waals surface area contributed by atoms with Gasteiger partial charge in [-0.2, -0.15) is 0 Å². The number of nitrogens with one attached hydrogen (secondary N) is 1. The van der Waals surface area contributed by atoms with Crippen molar-refractivity contribution in [3.63, 3.8) is 0 Å². The molecule has 0 aromatic rings. The summed E-state index contributed by atoms with van der Waals surface area (Å²) < 4.78 is 22.6. The third-order valence-corrected chi connectivity index (χ3v) is 4.77. The van der Waals surface area contributed by atoms with E-state index in [2.05, 4.69) is 17.1 Å². The molecule has 90 valence electrons.